The van der Waals surface area contributed by atoms with E-state index in [1.807, 2.05) is 6.20 Å². The number of hydrogen-bond donors (Lipinski definition) is 0. The lowest BCUT2D eigenvalue weighted by Crippen LogP contribution is -2.74. The molecule has 12 aromatic rings. The van der Waals surface area contributed by atoms with Crippen LogP contribution in [-0.2, 0) is 0 Å². The lowest BCUT2D eigenvalue weighted by atomic mass is 9.94. The van der Waals surface area contributed by atoms with E-state index in [2.05, 4.69) is 248 Å². The summed E-state index contributed by atoms with van der Waals surface area (Å²) in [6.07, 6.45) is 1.94. The maximum atomic E-state index is 5.71. The topological polar surface area (TPSA) is 30.7 Å². The van der Waals surface area contributed by atoms with Crippen LogP contribution in [0.4, 0.5) is 0 Å². The first-order valence-corrected chi connectivity index (χ1v) is 24.3. The van der Waals surface area contributed by atoms with Gasteiger partial charge in [-0.05, 0) is 80.3 Å². The van der Waals surface area contributed by atoms with Gasteiger partial charge in [0.15, 0.2) is 8.07 Å². The Bertz CT molecular complexity index is 3670. The van der Waals surface area contributed by atoms with Crippen LogP contribution in [0.25, 0.3) is 82.8 Å². The normalized spacial score (nSPS) is 11.8. The molecule has 3 nitrogen and oxygen atoms in total. The van der Waals surface area contributed by atoms with Crippen molar-refractivity contribution in [2.24, 2.45) is 0 Å². The van der Waals surface area contributed by atoms with E-state index >= 15 is 0 Å². The maximum Gasteiger partial charge on any atom is 0.179 e. The zero-order valence-electron chi connectivity index (χ0n) is 35.9. The van der Waals surface area contributed by atoms with Crippen LogP contribution in [0.3, 0.4) is 0 Å². The Morgan fingerprint density at radius 3 is 1.68 bits per heavy atom. The maximum absolute atomic E-state index is 5.71. The molecule has 0 fully saturated rings. The van der Waals surface area contributed by atoms with Gasteiger partial charge in [-0.2, -0.15) is 0 Å². The van der Waals surface area contributed by atoms with Crippen molar-refractivity contribution < 1.29 is 0 Å². The largest absolute Gasteiger partial charge is 0.309 e. The Morgan fingerprint density at radius 1 is 0.385 bits per heavy atom. The van der Waals surface area contributed by atoms with Gasteiger partial charge in [-0.15, -0.1) is 0 Å². The number of aromatic nitrogens is 3. The van der Waals surface area contributed by atoms with E-state index in [9.17, 15) is 0 Å². The molecule has 0 aliphatic heterocycles. The van der Waals surface area contributed by atoms with Crippen LogP contribution in [0, 0.1) is 6.92 Å². The highest BCUT2D eigenvalue weighted by Gasteiger charge is 2.41. The van der Waals surface area contributed by atoms with Crippen molar-refractivity contribution in [3.05, 3.63) is 248 Å². The predicted molar refractivity (Wildman–Crippen MR) is 276 cm³/mol. The van der Waals surface area contributed by atoms with Gasteiger partial charge in [-0.25, -0.2) is 4.98 Å². The molecule has 0 N–H and O–H groups in total. The number of nitrogens with zero attached hydrogens (tertiary/aromatic N) is 3. The minimum Gasteiger partial charge on any atom is -0.309 e. The second-order valence-electron chi connectivity index (χ2n) is 17.0. The SMILES string of the molecule is Cc1cccc([Si](c2ccccc2)(c2ccccc2)c2cccc(-c3cc(-c4cccc5c6ccccc6n(-c6ccccc6)c45)nc4c3ccc3c(-c5ccccc5)ccnc34)c2)c1. The van der Waals surface area contributed by atoms with Gasteiger partial charge in [0.1, 0.15) is 0 Å². The fraction of sp³-hybridized carbons (Fsp3) is 0.0164. The van der Waals surface area contributed by atoms with Crippen molar-refractivity contribution >= 4 is 72.4 Å². The summed E-state index contributed by atoms with van der Waals surface area (Å²) in [5.74, 6) is 0. The third kappa shape index (κ3) is 6.33. The van der Waals surface area contributed by atoms with E-state index in [0.29, 0.717) is 0 Å². The third-order valence-electron chi connectivity index (χ3n) is 13.2. The Kier molecular flexibility index (Phi) is 9.39. The summed E-state index contributed by atoms with van der Waals surface area (Å²) in [4.78, 5) is 10.9. The molecule has 3 aromatic heterocycles. The highest BCUT2D eigenvalue weighted by Crippen LogP contribution is 2.41. The van der Waals surface area contributed by atoms with Crippen molar-refractivity contribution in [1.82, 2.24) is 14.5 Å². The number of benzene rings is 9. The average Bonchev–Trinajstić information content (AvgIpc) is 3.72. The van der Waals surface area contributed by atoms with Gasteiger partial charge in [0, 0.05) is 39.0 Å². The summed E-state index contributed by atoms with van der Waals surface area (Å²) in [5.41, 5.74) is 12.9. The summed E-state index contributed by atoms with van der Waals surface area (Å²) in [6, 6.07) is 86.6. The number of pyridine rings is 2. The predicted octanol–water partition coefficient (Wildman–Crippen LogP) is 12.6. The molecule has 4 heteroatoms. The first-order valence-electron chi connectivity index (χ1n) is 22.3. The number of fused-ring (bicyclic) bond motifs is 6. The lowest BCUT2D eigenvalue weighted by molar-refractivity contribution is 1.18. The first-order chi connectivity index (χ1) is 32.2. The zero-order valence-corrected chi connectivity index (χ0v) is 36.9. The van der Waals surface area contributed by atoms with Gasteiger partial charge in [-0.3, -0.25) is 4.98 Å². The zero-order chi connectivity index (χ0) is 43.3. The van der Waals surface area contributed by atoms with E-state index in [1.54, 1.807) is 0 Å². The van der Waals surface area contributed by atoms with Crippen LogP contribution in [-0.4, -0.2) is 22.6 Å². The summed E-state index contributed by atoms with van der Waals surface area (Å²) in [5, 5.41) is 9.91. The Hall–Kier alpha value is -8.18. The number of hydrogen-bond acceptors (Lipinski definition) is 2. The van der Waals surface area contributed by atoms with Crippen molar-refractivity contribution in [1.29, 1.82) is 0 Å². The molecule has 0 bridgehead atoms. The molecule has 0 aliphatic rings. The van der Waals surface area contributed by atoms with Crippen LogP contribution < -0.4 is 20.7 Å². The third-order valence-corrected chi connectivity index (χ3v) is 18.0. The molecule has 3 heterocycles. The van der Waals surface area contributed by atoms with Crippen LogP contribution in [0.15, 0.2) is 243 Å². The summed E-state index contributed by atoms with van der Waals surface area (Å²) in [6.45, 7) is 2.21. The smallest absolute Gasteiger partial charge is 0.179 e. The minimum atomic E-state index is -2.86. The molecule has 65 heavy (non-hydrogen) atoms. The van der Waals surface area contributed by atoms with Crippen molar-refractivity contribution in [3.63, 3.8) is 0 Å². The molecule has 0 saturated heterocycles. The monoisotopic (exact) mass is 845 g/mol. The number of aryl methyl sites for hydroxylation is 1. The molecule has 0 amide bonds. The van der Waals surface area contributed by atoms with E-state index < -0.39 is 8.07 Å². The second kappa shape index (κ2) is 15.9. The lowest BCUT2D eigenvalue weighted by Gasteiger charge is -2.35. The standard InChI is InChI=1S/C61H43N3Si/c1-42-19-16-29-48(39-42)65(46-25-10-4-11-26-46,47-27-12-5-13-28-47)49-30-17-22-44(40-49)56-41-57(63-60-53(56)36-35-52-50(37-38-62-59(52)60)43-20-6-2-7-21-43)55-33-18-32-54-51-31-14-15-34-58(51)64(61(54)55)45-23-8-3-9-24-45/h2-41H,1H3. The van der Waals surface area contributed by atoms with Crippen molar-refractivity contribution in [2.45, 2.75) is 6.92 Å². The van der Waals surface area contributed by atoms with E-state index in [4.69, 9.17) is 9.97 Å². The molecule has 0 unspecified atom stereocenters. The van der Waals surface area contributed by atoms with Crippen LogP contribution >= 0.6 is 0 Å². The van der Waals surface area contributed by atoms with E-state index in [-0.39, 0.29) is 0 Å². The minimum absolute atomic E-state index is 0.880. The fourth-order valence-electron chi connectivity index (χ4n) is 10.4. The molecular weight excluding hydrogens is 803 g/mol. The molecule has 0 radical (unpaired) electrons. The van der Waals surface area contributed by atoms with Gasteiger partial charge in [0.05, 0.1) is 27.8 Å². The fourth-order valence-corrected chi connectivity index (χ4v) is 15.3. The Labute approximate surface area is 379 Å². The quantitative estimate of drug-likeness (QED) is 0.0866. The second-order valence-corrected chi connectivity index (χ2v) is 20.8. The van der Waals surface area contributed by atoms with Crippen LogP contribution in [0.5, 0.6) is 0 Å². The van der Waals surface area contributed by atoms with Crippen LogP contribution in [0.2, 0.25) is 0 Å². The first kappa shape index (κ1) is 38.5. The summed E-state index contributed by atoms with van der Waals surface area (Å²) >= 11 is 0. The van der Waals surface area contributed by atoms with E-state index in [0.717, 1.165) is 72.0 Å². The Morgan fingerprint density at radius 2 is 0.954 bits per heavy atom. The average molecular weight is 846 g/mol. The summed E-state index contributed by atoms with van der Waals surface area (Å²) in [7, 11) is -2.86. The Balaban J connectivity index is 1.18. The van der Waals surface area contributed by atoms with Crippen LogP contribution in [0.1, 0.15) is 5.56 Å². The molecule has 0 saturated carbocycles. The summed E-state index contributed by atoms with van der Waals surface area (Å²) < 4.78 is 2.41. The molecule has 0 spiro atoms. The molecule has 306 valence electrons. The van der Waals surface area contributed by atoms with Gasteiger partial charge >= 0.3 is 0 Å². The molecule has 9 aromatic carbocycles. The van der Waals surface area contributed by atoms with Gasteiger partial charge in [0.25, 0.3) is 0 Å². The van der Waals surface area contributed by atoms with Gasteiger partial charge in [0.2, 0.25) is 0 Å². The highest BCUT2D eigenvalue weighted by atomic mass is 28.3. The molecule has 0 atom stereocenters. The number of para-hydroxylation sites is 3. The van der Waals surface area contributed by atoms with E-state index in [1.165, 1.54) is 37.1 Å². The molecular formula is C61H43N3Si. The van der Waals surface area contributed by atoms with Gasteiger partial charge < -0.3 is 4.57 Å². The highest BCUT2D eigenvalue weighted by molar-refractivity contribution is 7.20. The number of rotatable bonds is 8. The van der Waals surface area contributed by atoms with Gasteiger partial charge in [-0.1, -0.05) is 212 Å². The molecule has 0 aliphatic carbocycles. The molecule has 12 rings (SSSR count). The van der Waals surface area contributed by atoms with Crippen molar-refractivity contribution in [3.8, 4) is 39.2 Å². The van der Waals surface area contributed by atoms with Crippen molar-refractivity contribution in [2.75, 3.05) is 0 Å².